The van der Waals surface area contributed by atoms with Crippen LogP contribution in [0.25, 0.3) is 0 Å². The molecule has 2 N–H and O–H groups in total. The molecule has 4 heteroatoms. The Kier molecular flexibility index (Phi) is 3.35. The average Bonchev–Trinajstić information content (AvgIpc) is 2.42. The van der Waals surface area contributed by atoms with Crippen LogP contribution in [-0.2, 0) is 0 Å². The van der Waals surface area contributed by atoms with Crippen LogP contribution in [0.3, 0.4) is 0 Å². The number of hydrogen-bond acceptors (Lipinski definition) is 4. The van der Waals surface area contributed by atoms with Crippen molar-refractivity contribution in [2.75, 3.05) is 12.8 Å². The molecule has 0 aliphatic rings. The molecule has 0 aliphatic carbocycles. The number of anilines is 1. The number of benzene rings is 2. The predicted octanol–water partition coefficient (Wildman–Crippen LogP) is 2.94. The zero-order valence-electron chi connectivity index (χ0n) is 9.88. The normalized spacial score (nSPS) is 9.56. The van der Waals surface area contributed by atoms with Crippen LogP contribution >= 0.6 is 0 Å². The van der Waals surface area contributed by atoms with E-state index in [1.807, 2.05) is 6.07 Å². The van der Waals surface area contributed by atoms with Gasteiger partial charge in [0.1, 0.15) is 23.3 Å². The lowest BCUT2D eigenvalue weighted by atomic mass is 10.2. The summed E-state index contributed by atoms with van der Waals surface area (Å²) >= 11 is 0. The fourth-order valence-electron chi connectivity index (χ4n) is 1.48. The van der Waals surface area contributed by atoms with Gasteiger partial charge in [-0.2, -0.15) is 5.26 Å². The van der Waals surface area contributed by atoms with Gasteiger partial charge in [-0.1, -0.05) is 0 Å². The van der Waals surface area contributed by atoms with Crippen LogP contribution in [0.1, 0.15) is 5.56 Å². The first-order chi connectivity index (χ1) is 8.72. The maximum atomic E-state index is 8.88. The van der Waals surface area contributed by atoms with Crippen LogP contribution in [0, 0.1) is 11.3 Å². The molecular formula is C14H12N2O2. The monoisotopic (exact) mass is 240 g/mol. The summed E-state index contributed by atoms with van der Waals surface area (Å²) < 4.78 is 10.7. The third-order valence-corrected chi connectivity index (χ3v) is 2.44. The second-order valence-electron chi connectivity index (χ2n) is 3.64. The van der Waals surface area contributed by atoms with Gasteiger partial charge in [0, 0.05) is 11.8 Å². The van der Waals surface area contributed by atoms with Gasteiger partial charge in [-0.3, -0.25) is 0 Å². The summed E-state index contributed by atoms with van der Waals surface area (Å²) in [6.07, 6.45) is 0. The molecule has 0 spiro atoms. The van der Waals surface area contributed by atoms with Crippen molar-refractivity contribution < 1.29 is 9.47 Å². The molecule has 0 bridgehead atoms. The molecule has 0 heterocycles. The Morgan fingerprint density at radius 2 is 1.61 bits per heavy atom. The quantitative estimate of drug-likeness (QED) is 0.837. The number of hydrogen-bond donors (Lipinski definition) is 1. The molecule has 2 aromatic carbocycles. The molecule has 0 atom stereocenters. The van der Waals surface area contributed by atoms with E-state index in [2.05, 4.69) is 0 Å². The molecule has 2 rings (SSSR count). The summed E-state index contributed by atoms with van der Waals surface area (Å²) in [5, 5.41) is 8.88. The summed E-state index contributed by atoms with van der Waals surface area (Å²) in [5.41, 5.74) is 6.48. The SMILES string of the molecule is COc1ccc(Oc2ccc(N)c(C#N)c2)cc1. The Morgan fingerprint density at radius 1 is 1.00 bits per heavy atom. The molecule has 0 amide bonds. The Balaban J connectivity index is 2.20. The molecule has 0 fully saturated rings. The lowest BCUT2D eigenvalue weighted by Gasteiger charge is -2.07. The Labute approximate surface area is 105 Å². The van der Waals surface area contributed by atoms with Crippen molar-refractivity contribution in [1.82, 2.24) is 0 Å². The van der Waals surface area contributed by atoms with Crippen LogP contribution in [0.4, 0.5) is 5.69 Å². The third-order valence-electron chi connectivity index (χ3n) is 2.44. The van der Waals surface area contributed by atoms with E-state index in [0.717, 1.165) is 5.75 Å². The van der Waals surface area contributed by atoms with E-state index in [0.29, 0.717) is 22.7 Å². The van der Waals surface area contributed by atoms with Crippen LogP contribution in [0.15, 0.2) is 42.5 Å². The molecule has 0 saturated heterocycles. The highest BCUT2D eigenvalue weighted by atomic mass is 16.5. The van der Waals surface area contributed by atoms with Gasteiger partial charge in [0.25, 0.3) is 0 Å². The van der Waals surface area contributed by atoms with E-state index in [1.165, 1.54) is 0 Å². The van der Waals surface area contributed by atoms with Gasteiger partial charge in [-0.25, -0.2) is 0 Å². The highest BCUT2D eigenvalue weighted by Gasteiger charge is 2.02. The van der Waals surface area contributed by atoms with Crippen LogP contribution in [0.5, 0.6) is 17.2 Å². The fraction of sp³-hybridized carbons (Fsp3) is 0.0714. The van der Waals surface area contributed by atoms with Crippen molar-refractivity contribution in [2.24, 2.45) is 0 Å². The van der Waals surface area contributed by atoms with Gasteiger partial charge in [-0.15, -0.1) is 0 Å². The molecule has 2 aromatic rings. The van der Waals surface area contributed by atoms with Crippen molar-refractivity contribution in [3.63, 3.8) is 0 Å². The van der Waals surface area contributed by atoms with E-state index >= 15 is 0 Å². The summed E-state index contributed by atoms with van der Waals surface area (Å²) in [4.78, 5) is 0. The van der Waals surface area contributed by atoms with Gasteiger partial charge < -0.3 is 15.2 Å². The molecule has 0 unspecified atom stereocenters. The number of methoxy groups -OCH3 is 1. The Hall–Kier alpha value is -2.67. The smallest absolute Gasteiger partial charge is 0.128 e. The molecule has 0 saturated carbocycles. The maximum Gasteiger partial charge on any atom is 0.128 e. The number of nitriles is 1. The van der Waals surface area contributed by atoms with Gasteiger partial charge in [0.15, 0.2) is 0 Å². The van der Waals surface area contributed by atoms with Gasteiger partial charge in [-0.05, 0) is 36.4 Å². The van der Waals surface area contributed by atoms with Gasteiger partial charge >= 0.3 is 0 Å². The topological polar surface area (TPSA) is 68.3 Å². The number of ether oxygens (including phenoxy) is 2. The van der Waals surface area contributed by atoms with Gasteiger partial charge in [0.05, 0.1) is 12.7 Å². The maximum absolute atomic E-state index is 8.88. The molecular weight excluding hydrogens is 228 g/mol. The van der Waals surface area contributed by atoms with Crippen molar-refractivity contribution in [3.05, 3.63) is 48.0 Å². The lowest BCUT2D eigenvalue weighted by Crippen LogP contribution is -1.91. The van der Waals surface area contributed by atoms with Gasteiger partial charge in [0.2, 0.25) is 0 Å². The molecule has 90 valence electrons. The predicted molar refractivity (Wildman–Crippen MR) is 68.6 cm³/mol. The minimum Gasteiger partial charge on any atom is -0.497 e. The van der Waals surface area contributed by atoms with Crippen LogP contribution < -0.4 is 15.2 Å². The summed E-state index contributed by atoms with van der Waals surface area (Å²) in [5.74, 6) is 2.01. The van der Waals surface area contributed by atoms with E-state index in [9.17, 15) is 0 Å². The number of nitrogen functional groups attached to an aromatic ring is 1. The second kappa shape index (κ2) is 5.11. The van der Waals surface area contributed by atoms with Crippen LogP contribution in [0.2, 0.25) is 0 Å². The van der Waals surface area contributed by atoms with E-state index in [1.54, 1.807) is 49.6 Å². The molecule has 4 nitrogen and oxygen atoms in total. The molecule has 0 aliphatic heterocycles. The van der Waals surface area contributed by atoms with E-state index in [-0.39, 0.29) is 0 Å². The number of nitrogens with zero attached hydrogens (tertiary/aromatic N) is 1. The first-order valence-electron chi connectivity index (χ1n) is 5.34. The second-order valence-corrected chi connectivity index (χ2v) is 3.64. The highest BCUT2D eigenvalue weighted by Crippen LogP contribution is 2.26. The fourth-order valence-corrected chi connectivity index (χ4v) is 1.48. The zero-order chi connectivity index (χ0) is 13.0. The first kappa shape index (κ1) is 11.8. The summed E-state index contributed by atoms with van der Waals surface area (Å²) in [6.45, 7) is 0. The molecule has 18 heavy (non-hydrogen) atoms. The number of nitrogens with two attached hydrogens (primary N) is 1. The van der Waals surface area contributed by atoms with E-state index < -0.39 is 0 Å². The summed E-state index contributed by atoms with van der Waals surface area (Å²) in [7, 11) is 1.61. The highest BCUT2D eigenvalue weighted by molar-refractivity contribution is 5.57. The third kappa shape index (κ3) is 2.53. The van der Waals surface area contributed by atoms with Crippen LogP contribution in [-0.4, -0.2) is 7.11 Å². The van der Waals surface area contributed by atoms with Crippen molar-refractivity contribution in [2.45, 2.75) is 0 Å². The molecule has 0 aromatic heterocycles. The largest absolute Gasteiger partial charge is 0.497 e. The molecule has 0 radical (unpaired) electrons. The van der Waals surface area contributed by atoms with Crippen molar-refractivity contribution >= 4 is 5.69 Å². The van der Waals surface area contributed by atoms with Crippen molar-refractivity contribution in [1.29, 1.82) is 5.26 Å². The Bertz CT molecular complexity index is 586. The first-order valence-corrected chi connectivity index (χ1v) is 5.34. The van der Waals surface area contributed by atoms with Crippen molar-refractivity contribution in [3.8, 4) is 23.3 Å². The minimum atomic E-state index is 0.404. The minimum absolute atomic E-state index is 0.404. The summed E-state index contributed by atoms with van der Waals surface area (Å²) in [6, 6.07) is 14.2. The Morgan fingerprint density at radius 3 is 2.22 bits per heavy atom. The standard InChI is InChI=1S/C14H12N2O2/c1-17-11-2-4-12(5-3-11)18-13-6-7-14(16)10(8-13)9-15/h2-8H,16H2,1H3. The van der Waals surface area contributed by atoms with E-state index in [4.69, 9.17) is 20.5 Å². The average molecular weight is 240 g/mol. The zero-order valence-corrected chi connectivity index (χ0v) is 9.88. The number of rotatable bonds is 3. The lowest BCUT2D eigenvalue weighted by molar-refractivity contribution is 0.413.